The van der Waals surface area contributed by atoms with Gasteiger partial charge in [-0.2, -0.15) is 0 Å². The molecule has 3 nitrogen and oxygen atoms in total. The summed E-state index contributed by atoms with van der Waals surface area (Å²) in [5.74, 6) is 1.18. The summed E-state index contributed by atoms with van der Waals surface area (Å²) in [5, 5.41) is 9.23. The quantitative estimate of drug-likeness (QED) is 0.847. The van der Waals surface area contributed by atoms with Gasteiger partial charge in [-0.05, 0) is 62.5 Å². The number of Topliss-reactive ketones (excluding diaryl/α,β-unsaturated/α-hetero) is 1. The van der Waals surface area contributed by atoms with Crippen LogP contribution in [0, 0.1) is 5.92 Å². The van der Waals surface area contributed by atoms with Crippen molar-refractivity contribution >= 4 is 5.78 Å². The van der Waals surface area contributed by atoms with Gasteiger partial charge in [0.05, 0.1) is 6.54 Å². The Labute approximate surface area is 115 Å². The first-order valence-electron chi connectivity index (χ1n) is 7.23. The average Bonchev–Trinajstić information content (AvgIpc) is 2.64. The molecule has 0 aliphatic carbocycles. The maximum absolute atomic E-state index is 12.2. The fourth-order valence-corrected chi connectivity index (χ4v) is 2.73. The van der Waals surface area contributed by atoms with Gasteiger partial charge in [0.25, 0.3) is 0 Å². The summed E-state index contributed by atoms with van der Waals surface area (Å²) >= 11 is 0. The molecule has 0 radical (unpaired) electrons. The van der Waals surface area contributed by atoms with E-state index in [4.69, 9.17) is 0 Å². The van der Waals surface area contributed by atoms with Crippen LogP contribution in [0.4, 0.5) is 0 Å². The SMILES string of the molecule is CCC1CCCN(CC(=O)c2ccc(O)cc2)CC1. The molecular weight excluding hydrogens is 238 g/mol. The maximum atomic E-state index is 12.2. The van der Waals surface area contributed by atoms with E-state index < -0.39 is 0 Å². The summed E-state index contributed by atoms with van der Waals surface area (Å²) in [7, 11) is 0. The summed E-state index contributed by atoms with van der Waals surface area (Å²) in [6.07, 6.45) is 4.95. The third-order valence-corrected chi connectivity index (χ3v) is 4.07. The van der Waals surface area contributed by atoms with Crippen LogP contribution in [-0.4, -0.2) is 35.4 Å². The molecule has 1 N–H and O–H groups in total. The van der Waals surface area contributed by atoms with Gasteiger partial charge in [-0.1, -0.05) is 13.3 Å². The van der Waals surface area contributed by atoms with Gasteiger partial charge in [0, 0.05) is 5.56 Å². The highest BCUT2D eigenvalue weighted by Gasteiger charge is 2.18. The van der Waals surface area contributed by atoms with Gasteiger partial charge in [-0.3, -0.25) is 9.69 Å². The molecule has 0 saturated carbocycles. The molecular formula is C16H23NO2. The van der Waals surface area contributed by atoms with Gasteiger partial charge < -0.3 is 5.11 Å². The van der Waals surface area contributed by atoms with Crippen LogP contribution in [-0.2, 0) is 0 Å². The molecule has 1 aliphatic rings. The van der Waals surface area contributed by atoms with Crippen LogP contribution in [0.25, 0.3) is 0 Å². The minimum absolute atomic E-state index is 0.148. The molecule has 1 atom stereocenters. The fraction of sp³-hybridized carbons (Fsp3) is 0.562. The third kappa shape index (κ3) is 4.06. The van der Waals surface area contributed by atoms with E-state index in [-0.39, 0.29) is 11.5 Å². The van der Waals surface area contributed by atoms with E-state index in [9.17, 15) is 9.90 Å². The molecule has 1 fully saturated rings. The zero-order chi connectivity index (χ0) is 13.7. The Bertz CT molecular complexity index is 413. The van der Waals surface area contributed by atoms with Crippen molar-refractivity contribution < 1.29 is 9.90 Å². The lowest BCUT2D eigenvalue weighted by Gasteiger charge is -2.19. The third-order valence-electron chi connectivity index (χ3n) is 4.07. The number of phenolic OH excluding ortho intramolecular Hbond substituents is 1. The van der Waals surface area contributed by atoms with Gasteiger partial charge in [-0.15, -0.1) is 0 Å². The summed E-state index contributed by atoms with van der Waals surface area (Å²) in [4.78, 5) is 14.4. The smallest absolute Gasteiger partial charge is 0.176 e. The van der Waals surface area contributed by atoms with Crippen LogP contribution in [0.3, 0.4) is 0 Å². The lowest BCUT2D eigenvalue weighted by molar-refractivity contribution is 0.0932. The van der Waals surface area contributed by atoms with Gasteiger partial charge in [0.2, 0.25) is 0 Å². The van der Waals surface area contributed by atoms with E-state index in [1.54, 1.807) is 24.3 Å². The van der Waals surface area contributed by atoms with Crippen molar-refractivity contribution in [2.75, 3.05) is 19.6 Å². The normalized spacial score (nSPS) is 21.0. The topological polar surface area (TPSA) is 40.5 Å². The average molecular weight is 261 g/mol. The van der Waals surface area contributed by atoms with Crippen LogP contribution in [0.2, 0.25) is 0 Å². The summed E-state index contributed by atoms with van der Waals surface area (Å²) in [6, 6.07) is 6.54. The maximum Gasteiger partial charge on any atom is 0.176 e. The zero-order valence-electron chi connectivity index (χ0n) is 11.6. The lowest BCUT2D eigenvalue weighted by atomic mass is 9.98. The van der Waals surface area contributed by atoms with Crippen LogP contribution >= 0.6 is 0 Å². The number of phenols is 1. The summed E-state index contributed by atoms with van der Waals surface area (Å²) < 4.78 is 0. The van der Waals surface area contributed by atoms with Gasteiger partial charge in [-0.25, -0.2) is 0 Å². The standard InChI is InChI=1S/C16H23NO2/c1-2-13-4-3-10-17(11-9-13)12-16(19)14-5-7-15(18)8-6-14/h5-8,13,18H,2-4,9-12H2,1H3. The monoisotopic (exact) mass is 261 g/mol. The first kappa shape index (κ1) is 14.1. The molecule has 1 aromatic carbocycles. The highest BCUT2D eigenvalue weighted by atomic mass is 16.3. The molecule has 2 rings (SSSR count). The van der Waals surface area contributed by atoms with Gasteiger partial charge in [0.15, 0.2) is 5.78 Å². The Kier molecular flexibility index (Phi) is 4.97. The molecule has 3 heteroatoms. The molecule has 1 aliphatic heterocycles. The first-order valence-corrected chi connectivity index (χ1v) is 7.23. The van der Waals surface area contributed by atoms with Crippen molar-refractivity contribution in [3.8, 4) is 5.75 Å². The predicted octanol–water partition coefficient (Wildman–Crippen LogP) is 3.09. The summed E-state index contributed by atoms with van der Waals surface area (Å²) in [5.41, 5.74) is 0.689. The van der Waals surface area contributed by atoms with Crippen molar-refractivity contribution in [2.24, 2.45) is 5.92 Å². The number of likely N-dealkylation sites (tertiary alicyclic amines) is 1. The Hall–Kier alpha value is -1.35. The minimum atomic E-state index is 0.148. The van der Waals surface area contributed by atoms with Crippen molar-refractivity contribution in [3.63, 3.8) is 0 Å². The lowest BCUT2D eigenvalue weighted by Crippen LogP contribution is -2.31. The van der Waals surface area contributed by atoms with Crippen LogP contribution in [0.5, 0.6) is 5.75 Å². The molecule has 1 heterocycles. The number of ketones is 1. The number of carbonyl (C=O) groups is 1. The number of hydrogen-bond acceptors (Lipinski definition) is 3. The molecule has 19 heavy (non-hydrogen) atoms. The molecule has 104 valence electrons. The van der Waals surface area contributed by atoms with Gasteiger partial charge >= 0.3 is 0 Å². The second kappa shape index (κ2) is 6.71. The van der Waals surface area contributed by atoms with Crippen LogP contribution in [0.15, 0.2) is 24.3 Å². The molecule has 0 bridgehead atoms. The number of rotatable bonds is 4. The predicted molar refractivity (Wildman–Crippen MR) is 76.5 cm³/mol. The second-order valence-corrected chi connectivity index (χ2v) is 5.45. The van der Waals surface area contributed by atoms with E-state index in [0.29, 0.717) is 12.1 Å². The zero-order valence-corrected chi connectivity index (χ0v) is 11.6. The van der Waals surface area contributed by atoms with Crippen LogP contribution < -0.4 is 0 Å². The number of hydrogen-bond donors (Lipinski definition) is 1. The highest BCUT2D eigenvalue weighted by Crippen LogP contribution is 2.20. The van der Waals surface area contributed by atoms with E-state index in [1.165, 1.54) is 25.7 Å². The molecule has 1 saturated heterocycles. The van der Waals surface area contributed by atoms with E-state index in [1.807, 2.05) is 0 Å². The van der Waals surface area contributed by atoms with E-state index in [0.717, 1.165) is 19.0 Å². The molecule has 1 aromatic rings. The Morgan fingerprint density at radius 2 is 2.00 bits per heavy atom. The number of benzene rings is 1. The van der Waals surface area contributed by atoms with Crippen LogP contribution in [0.1, 0.15) is 43.0 Å². The van der Waals surface area contributed by atoms with Crippen molar-refractivity contribution in [3.05, 3.63) is 29.8 Å². The Morgan fingerprint density at radius 1 is 1.26 bits per heavy atom. The number of aromatic hydroxyl groups is 1. The van der Waals surface area contributed by atoms with E-state index in [2.05, 4.69) is 11.8 Å². The Balaban J connectivity index is 1.90. The molecule has 0 amide bonds. The largest absolute Gasteiger partial charge is 0.508 e. The number of nitrogens with zero attached hydrogens (tertiary/aromatic N) is 1. The second-order valence-electron chi connectivity index (χ2n) is 5.45. The molecule has 0 aromatic heterocycles. The number of carbonyl (C=O) groups excluding carboxylic acids is 1. The Morgan fingerprint density at radius 3 is 2.68 bits per heavy atom. The molecule has 1 unspecified atom stereocenters. The minimum Gasteiger partial charge on any atom is -0.508 e. The summed E-state index contributed by atoms with van der Waals surface area (Å²) in [6.45, 7) is 4.81. The van der Waals surface area contributed by atoms with Gasteiger partial charge in [0.1, 0.15) is 5.75 Å². The van der Waals surface area contributed by atoms with Crippen molar-refractivity contribution in [1.29, 1.82) is 0 Å². The highest BCUT2D eigenvalue weighted by molar-refractivity contribution is 5.97. The molecule has 0 spiro atoms. The fourth-order valence-electron chi connectivity index (χ4n) is 2.73. The van der Waals surface area contributed by atoms with Crippen molar-refractivity contribution in [1.82, 2.24) is 4.90 Å². The van der Waals surface area contributed by atoms with Crippen molar-refractivity contribution in [2.45, 2.75) is 32.6 Å². The van der Waals surface area contributed by atoms with E-state index >= 15 is 0 Å². The first-order chi connectivity index (χ1) is 9.19.